The Hall–Kier alpha value is -2.74. The van der Waals surface area contributed by atoms with Gasteiger partial charge >= 0.3 is 0 Å². The highest BCUT2D eigenvalue weighted by molar-refractivity contribution is 5.91. The van der Waals surface area contributed by atoms with Crippen LogP contribution in [0.3, 0.4) is 0 Å². The van der Waals surface area contributed by atoms with Crippen LogP contribution >= 0.6 is 0 Å². The van der Waals surface area contributed by atoms with Gasteiger partial charge in [-0.3, -0.25) is 14.5 Å². The number of benzene rings is 1. The molecule has 2 aliphatic rings. The summed E-state index contributed by atoms with van der Waals surface area (Å²) < 4.78 is 13.0. The number of imidazole rings is 1. The predicted molar refractivity (Wildman–Crippen MR) is 110 cm³/mol. The van der Waals surface area contributed by atoms with E-state index in [0.29, 0.717) is 31.1 Å². The van der Waals surface area contributed by atoms with Crippen molar-refractivity contribution in [3.8, 4) is 0 Å². The molecule has 1 saturated carbocycles. The fraction of sp³-hybridized carbons (Fsp3) is 0.500. The van der Waals surface area contributed by atoms with Gasteiger partial charge in [-0.25, -0.2) is 9.37 Å². The molecule has 30 heavy (non-hydrogen) atoms. The van der Waals surface area contributed by atoms with E-state index in [-0.39, 0.29) is 29.7 Å². The van der Waals surface area contributed by atoms with Crippen molar-refractivity contribution in [1.29, 1.82) is 0 Å². The third-order valence-corrected chi connectivity index (χ3v) is 6.00. The lowest BCUT2D eigenvalue weighted by atomic mass is 10.1. The molecule has 0 unspecified atom stereocenters. The van der Waals surface area contributed by atoms with Gasteiger partial charge in [-0.2, -0.15) is 0 Å². The smallest absolute Gasteiger partial charge is 0.269 e. The van der Waals surface area contributed by atoms with Crippen LogP contribution < -0.4 is 10.6 Å². The molecular formula is C22H28FN5O2. The maximum atomic E-state index is 13.0. The first-order valence-electron chi connectivity index (χ1n) is 10.6. The number of carbonyl (C=O) groups is 2. The second kappa shape index (κ2) is 9.38. The number of carbonyl (C=O) groups excluding carboxylic acids is 2. The molecule has 1 aromatic heterocycles. The number of nitrogens with one attached hydrogen (secondary N) is 3. The van der Waals surface area contributed by atoms with Crippen LogP contribution in [0.2, 0.25) is 0 Å². The molecule has 2 amide bonds. The van der Waals surface area contributed by atoms with Crippen molar-refractivity contribution >= 4 is 11.8 Å². The highest BCUT2D eigenvalue weighted by Gasteiger charge is 2.38. The lowest BCUT2D eigenvalue weighted by Gasteiger charge is -2.30. The topological polar surface area (TPSA) is 90.1 Å². The highest BCUT2D eigenvalue weighted by Crippen LogP contribution is 2.35. The maximum absolute atomic E-state index is 13.0. The molecule has 1 aliphatic heterocycles. The summed E-state index contributed by atoms with van der Waals surface area (Å²) in [4.78, 5) is 33.9. The van der Waals surface area contributed by atoms with Crippen LogP contribution in [0.1, 0.15) is 48.2 Å². The summed E-state index contributed by atoms with van der Waals surface area (Å²) in [6, 6.07) is 6.60. The van der Waals surface area contributed by atoms with Gasteiger partial charge in [0.2, 0.25) is 5.91 Å². The van der Waals surface area contributed by atoms with Crippen LogP contribution in [0.25, 0.3) is 0 Å². The molecule has 2 aromatic rings. The average Bonchev–Trinajstić information content (AvgIpc) is 3.24. The molecule has 1 saturated heterocycles. The molecule has 4 rings (SSSR count). The zero-order valence-corrected chi connectivity index (χ0v) is 16.9. The van der Waals surface area contributed by atoms with Gasteiger partial charge in [-0.15, -0.1) is 0 Å². The van der Waals surface area contributed by atoms with E-state index in [1.165, 1.54) is 37.5 Å². The Balaban J connectivity index is 1.28. The minimum absolute atomic E-state index is 0.00673. The van der Waals surface area contributed by atoms with E-state index in [1.54, 1.807) is 12.1 Å². The Morgan fingerprint density at radius 1 is 1.10 bits per heavy atom. The molecule has 0 bridgehead atoms. The first-order valence-corrected chi connectivity index (χ1v) is 10.6. The summed E-state index contributed by atoms with van der Waals surface area (Å²) in [5, 5.41) is 5.94. The third kappa shape index (κ3) is 5.44. The van der Waals surface area contributed by atoms with Gasteiger partial charge in [0.15, 0.2) is 0 Å². The molecule has 0 radical (unpaired) electrons. The van der Waals surface area contributed by atoms with Crippen LogP contribution in [0.5, 0.6) is 0 Å². The van der Waals surface area contributed by atoms with Gasteiger partial charge in [-0.1, -0.05) is 12.1 Å². The second-order valence-corrected chi connectivity index (χ2v) is 8.31. The number of halogens is 1. The zero-order valence-electron chi connectivity index (χ0n) is 16.9. The molecule has 0 spiro atoms. The maximum Gasteiger partial charge on any atom is 0.269 e. The zero-order chi connectivity index (χ0) is 20.9. The van der Waals surface area contributed by atoms with E-state index in [1.807, 2.05) is 0 Å². The van der Waals surface area contributed by atoms with Gasteiger partial charge in [0, 0.05) is 38.1 Å². The Kier molecular flexibility index (Phi) is 6.42. The van der Waals surface area contributed by atoms with Crippen molar-refractivity contribution in [3.05, 3.63) is 53.9 Å². The number of nitrogens with zero attached hydrogens (tertiary/aromatic N) is 2. The van der Waals surface area contributed by atoms with E-state index in [9.17, 15) is 14.0 Å². The third-order valence-electron chi connectivity index (χ3n) is 6.00. The van der Waals surface area contributed by atoms with Gasteiger partial charge < -0.3 is 15.6 Å². The van der Waals surface area contributed by atoms with Gasteiger partial charge in [0.05, 0.1) is 12.5 Å². The molecule has 8 heteroatoms. The van der Waals surface area contributed by atoms with Gasteiger partial charge in [0.1, 0.15) is 11.5 Å². The molecule has 7 nitrogen and oxygen atoms in total. The number of likely N-dealkylation sites (tertiary alicyclic amines) is 1. The molecule has 3 N–H and O–H groups in total. The minimum Gasteiger partial charge on any atom is -0.352 e. The first-order chi connectivity index (χ1) is 14.6. The lowest BCUT2D eigenvalue weighted by molar-refractivity contribution is -0.122. The second-order valence-electron chi connectivity index (χ2n) is 8.31. The van der Waals surface area contributed by atoms with E-state index in [0.717, 1.165) is 24.9 Å². The van der Waals surface area contributed by atoms with Crippen LogP contribution in [-0.2, 0) is 11.3 Å². The summed E-state index contributed by atoms with van der Waals surface area (Å²) in [6.07, 6.45) is 7.84. The van der Waals surface area contributed by atoms with Crippen LogP contribution in [0.4, 0.5) is 4.39 Å². The average molecular weight is 413 g/mol. The SMILES string of the molecule is O=C(C[C@H]1CC[C@@H](CNC(=O)c2cnc[nH]2)N1CC1CC1)NCc1ccc(F)cc1. The van der Waals surface area contributed by atoms with Gasteiger partial charge in [0.25, 0.3) is 5.91 Å². The Labute approximate surface area is 175 Å². The Bertz CT molecular complexity index is 851. The largest absolute Gasteiger partial charge is 0.352 e. The monoisotopic (exact) mass is 413 g/mol. The molecular weight excluding hydrogens is 385 g/mol. The number of rotatable bonds is 9. The molecule has 160 valence electrons. The molecule has 2 heterocycles. The first kappa shape index (κ1) is 20.5. The van der Waals surface area contributed by atoms with Crippen molar-refractivity contribution in [1.82, 2.24) is 25.5 Å². The van der Waals surface area contributed by atoms with Crippen molar-refractivity contribution in [2.75, 3.05) is 13.1 Å². The van der Waals surface area contributed by atoms with E-state index in [4.69, 9.17) is 0 Å². The molecule has 1 aliphatic carbocycles. The molecule has 2 fully saturated rings. The minimum atomic E-state index is -0.280. The number of hydrogen-bond donors (Lipinski definition) is 3. The van der Waals surface area contributed by atoms with Crippen LogP contribution in [-0.4, -0.2) is 51.9 Å². The van der Waals surface area contributed by atoms with Crippen molar-refractivity contribution < 1.29 is 14.0 Å². The van der Waals surface area contributed by atoms with E-state index < -0.39 is 0 Å². The number of H-pyrrole nitrogens is 1. The quantitative estimate of drug-likeness (QED) is 0.588. The molecule has 2 atom stereocenters. The summed E-state index contributed by atoms with van der Waals surface area (Å²) in [5.74, 6) is 0.280. The van der Waals surface area contributed by atoms with E-state index >= 15 is 0 Å². The van der Waals surface area contributed by atoms with Crippen molar-refractivity contribution in [2.45, 2.75) is 50.7 Å². The summed E-state index contributed by atoms with van der Waals surface area (Å²) in [6.45, 7) is 1.96. The van der Waals surface area contributed by atoms with E-state index in [2.05, 4.69) is 25.5 Å². The van der Waals surface area contributed by atoms with Crippen LogP contribution in [0.15, 0.2) is 36.8 Å². The van der Waals surface area contributed by atoms with Crippen molar-refractivity contribution in [3.63, 3.8) is 0 Å². The normalized spacial score (nSPS) is 21.5. The highest BCUT2D eigenvalue weighted by atomic mass is 19.1. The Morgan fingerprint density at radius 3 is 2.57 bits per heavy atom. The van der Waals surface area contributed by atoms with Crippen molar-refractivity contribution in [2.24, 2.45) is 5.92 Å². The van der Waals surface area contributed by atoms with Crippen LogP contribution in [0, 0.1) is 11.7 Å². The standard InChI is InChI=1S/C22H28FN5O2/c23-17-5-3-15(4-6-17)10-25-21(29)9-18-7-8-19(28(18)13-16-1-2-16)11-26-22(30)20-12-24-14-27-20/h3-6,12,14,16,18-19H,1-2,7-11,13H2,(H,24,27)(H,25,29)(H,26,30)/t18-,19+/m1/s1. The number of aromatic amines is 1. The molecule has 1 aromatic carbocycles. The lowest BCUT2D eigenvalue weighted by Crippen LogP contribution is -2.45. The Morgan fingerprint density at radius 2 is 1.87 bits per heavy atom. The fourth-order valence-corrected chi connectivity index (χ4v) is 4.12. The fourth-order valence-electron chi connectivity index (χ4n) is 4.12. The summed E-state index contributed by atoms with van der Waals surface area (Å²) in [5.41, 5.74) is 1.34. The number of amides is 2. The van der Waals surface area contributed by atoms with Gasteiger partial charge in [-0.05, 0) is 49.3 Å². The number of hydrogen-bond acceptors (Lipinski definition) is 4. The summed E-state index contributed by atoms with van der Waals surface area (Å²) in [7, 11) is 0. The summed E-state index contributed by atoms with van der Waals surface area (Å²) >= 11 is 0. The predicted octanol–water partition coefficient (Wildman–Crippen LogP) is 2.23. The number of aromatic nitrogens is 2.